The average Bonchev–Trinajstić information content (AvgIpc) is 2.48. The zero-order valence-electron chi connectivity index (χ0n) is 12.7. The van der Waals surface area contributed by atoms with Crippen LogP contribution in [0.15, 0.2) is 24.3 Å². The van der Waals surface area contributed by atoms with Gasteiger partial charge in [0, 0.05) is 6.04 Å². The van der Waals surface area contributed by atoms with Gasteiger partial charge in [-0.3, -0.25) is 0 Å². The van der Waals surface area contributed by atoms with E-state index in [9.17, 15) is 0 Å². The van der Waals surface area contributed by atoms with E-state index in [0.717, 1.165) is 24.3 Å². The van der Waals surface area contributed by atoms with Gasteiger partial charge >= 0.3 is 0 Å². The Labute approximate surface area is 123 Å². The Hall–Kier alpha value is -1.06. The van der Waals surface area contributed by atoms with Crippen molar-refractivity contribution < 1.29 is 9.84 Å². The first-order valence-corrected chi connectivity index (χ1v) is 7.84. The number of unbranched alkanes of at least 4 members (excludes halogenated alkanes) is 5. The molecule has 0 aliphatic heterocycles. The van der Waals surface area contributed by atoms with E-state index in [1.807, 2.05) is 24.3 Å². The minimum absolute atomic E-state index is 0.0241. The highest BCUT2D eigenvalue weighted by Gasteiger charge is 2.02. The maximum absolute atomic E-state index is 8.92. The van der Waals surface area contributed by atoms with Crippen molar-refractivity contribution in [1.29, 1.82) is 0 Å². The molecule has 0 saturated carbocycles. The molecule has 0 radical (unpaired) electrons. The van der Waals surface area contributed by atoms with Gasteiger partial charge < -0.3 is 15.6 Å². The average molecular weight is 279 g/mol. The van der Waals surface area contributed by atoms with Crippen LogP contribution in [0.4, 0.5) is 0 Å². The van der Waals surface area contributed by atoms with Crippen LogP contribution in [0.2, 0.25) is 0 Å². The fourth-order valence-electron chi connectivity index (χ4n) is 2.16. The second-order valence-corrected chi connectivity index (χ2v) is 5.41. The lowest BCUT2D eigenvalue weighted by Gasteiger charge is -2.09. The SMILES string of the molecule is CCCCCCCCOc1ccc(CC(N)CO)cc1. The van der Waals surface area contributed by atoms with Crippen LogP contribution < -0.4 is 10.5 Å². The van der Waals surface area contributed by atoms with Gasteiger partial charge in [0.05, 0.1) is 13.2 Å². The Kier molecular flexibility index (Phi) is 9.09. The summed E-state index contributed by atoms with van der Waals surface area (Å²) >= 11 is 0. The van der Waals surface area contributed by atoms with Gasteiger partial charge in [-0.1, -0.05) is 51.2 Å². The molecule has 0 fully saturated rings. The first-order chi connectivity index (χ1) is 9.76. The lowest BCUT2D eigenvalue weighted by Crippen LogP contribution is -2.26. The number of nitrogens with two attached hydrogens (primary N) is 1. The van der Waals surface area contributed by atoms with E-state index < -0.39 is 0 Å². The van der Waals surface area contributed by atoms with E-state index >= 15 is 0 Å². The van der Waals surface area contributed by atoms with Crippen molar-refractivity contribution in [3.8, 4) is 5.75 Å². The Morgan fingerprint density at radius 1 is 1.05 bits per heavy atom. The molecule has 1 atom stereocenters. The summed E-state index contributed by atoms with van der Waals surface area (Å²) in [5.41, 5.74) is 6.85. The fraction of sp³-hybridized carbons (Fsp3) is 0.647. The smallest absolute Gasteiger partial charge is 0.119 e. The molecular weight excluding hydrogens is 250 g/mol. The fourth-order valence-corrected chi connectivity index (χ4v) is 2.16. The van der Waals surface area contributed by atoms with Gasteiger partial charge in [0.2, 0.25) is 0 Å². The molecule has 1 rings (SSSR count). The van der Waals surface area contributed by atoms with Crippen molar-refractivity contribution in [2.24, 2.45) is 5.73 Å². The highest BCUT2D eigenvalue weighted by atomic mass is 16.5. The Balaban J connectivity index is 2.15. The molecule has 1 aromatic carbocycles. The third kappa shape index (κ3) is 7.51. The molecule has 0 aliphatic rings. The molecular formula is C17H29NO2. The van der Waals surface area contributed by atoms with Crippen LogP contribution in [-0.4, -0.2) is 24.4 Å². The van der Waals surface area contributed by atoms with Crippen LogP contribution in [0.1, 0.15) is 51.0 Å². The quantitative estimate of drug-likeness (QED) is 0.611. The summed E-state index contributed by atoms with van der Waals surface area (Å²) in [7, 11) is 0. The molecule has 3 N–H and O–H groups in total. The second kappa shape index (κ2) is 10.7. The van der Waals surface area contributed by atoms with Crippen molar-refractivity contribution in [3.05, 3.63) is 29.8 Å². The predicted molar refractivity (Wildman–Crippen MR) is 84.1 cm³/mol. The summed E-state index contributed by atoms with van der Waals surface area (Å²) in [4.78, 5) is 0. The number of aliphatic hydroxyl groups is 1. The van der Waals surface area contributed by atoms with Crippen LogP contribution in [0, 0.1) is 0 Å². The molecule has 0 saturated heterocycles. The van der Waals surface area contributed by atoms with Gasteiger partial charge in [-0.05, 0) is 30.5 Å². The molecule has 0 amide bonds. The van der Waals surface area contributed by atoms with E-state index in [1.165, 1.54) is 32.1 Å². The zero-order valence-corrected chi connectivity index (χ0v) is 12.7. The van der Waals surface area contributed by atoms with Crippen LogP contribution in [-0.2, 0) is 6.42 Å². The molecule has 114 valence electrons. The third-order valence-corrected chi connectivity index (χ3v) is 3.42. The monoisotopic (exact) mass is 279 g/mol. The van der Waals surface area contributed by atoms with Crippen LogP contribution in [0.25, 0.3) is 0 Å². The number of aliphatic hydroxyl groups excluding tert-OH is 1. The lowest BCUT2D eigenvalue weighted by atomic mass is 10.1. The molecule has 0 aliphatic carbocycles. The van der Waals surface area contributed by atoms with Crippen molar-refractivity contribution in [2.45, 2.75) is 57.9 Å². The van der Waals surface area contributed by atoms with E-state index in [2.05, 4.69) is 6.92 Å². The van der Waals surface area contributed by atoms with E-state index in [0.29, 0.717) is 6.42 Å². The predicted octanol–water partition coefficient (Wildman–Crippen LogP) is 3.29. The maximum atomic E-state index is 8.92. The van der Waals surface area contributed by atoms with Crippen molar-refractivity contribution >= 4 is 0 Å². The number of hydrogen-bond acceptors (Lipinski definition) is 3. The molecule has 20 heavy (non-hydrogen) atoms. The van der Waals surface area contributed by atoms with Crippen LogP contribution >= 0.6 is 0 Å². The zero-order chi connectivity index (χ0) is 14.6. The number of hydrogen-bond donors (Lipinski definition) is 2. The van der Waals surface area contributed by atoms with Crippen LogP contribution in [0.5, 0.6) is 5.75 Å². The van der Waals surface area contributed by atoms with E-state index in [-0.39, 0.29) is 12.6 Å². The molecule has 0 aromatic heterocycles. The first-order valence-electron chi connectivity index (χ1n) is 7.84. The number of benzene rings is 1. The summed E-state index contributed by atoms with van der Waals surface area (Å²) in [5, 5.41) is 8.92. The number of ether oxygens (including phenoxy) is 1. The largest absolute Gasteiger partial charge is 0.494 e. The summed E-state index contributed by atoms with van der Waals surface area (Å²) in [6.45, 7) is 3.05. The summed E-state index contributed by atoms with van der Waals surface area (Å²) < 4.78 is 5.72. The highest BCUT2D eigenvalue weighted by molar-refractivity contribution is 5.27. The minimum Gasteiger partial charge on any atom is -0.494 e. The number of rotatable bonds is 11. The van der Waals surface area contributed by atoms with Gasteiger partial charge in [0.1, 0.15) is 5.75 Å². The van der Waals surface area contributed by atoms with Crippen molar-refractivity contribution in [3.63, 3.8) is 0 Å². The Morgan fingerprint density at radius 3 is 2.35 bits per heavy atom. The topological polar surface area (TPSA) is 55.5 Å². The summed E-state index contributed by atoms with van der Waals surface area (Å²) in [6, 6.07) is 7.83. The molecule has 0 heterocycles. The molecule has 0 bridgehead atoms. The van der Waals surface area contributed by atoms with Crippen molar-refractivity contribution in [1.82, 2.24) is 0 Å². The summed E-state index contributed by atoms with van der Waals surface area (Å²) in [6.07, 6.45) is 8.38. The molecule has 3 heteroatoms. The van der Waals surface area contributed by atoms with E-state index in [1.54, 1.807) is 0 Å². The molecule has 3 nitrogen and oxygen atoms in total. The van der Waals surface area contributed by atoms with Crippen molar-refractivity contribution in [2.75, 3.05) is 13.2 Å². The van der Waals surface area contributed by atoms with Gasteiger partial charge in [-0.15, -0.1) is 0 Å². The van der Waals surface area contributed by atoms with Gasteiger partial charge in [-0.2, -0.15) is 0 Å². The van der Waals surface area contributed by atoms with E-state index in [4.69, 9.17) is 15.6 Å². The van der Waals surface area contributed by atoms with Gasteiger partial charge in [0.25, 0.3) is 0 Å². The highest BCUT2D eigenvalue weighted by Crippen LogP contribution is 2.14. The first kappa shape index (κ1) is 17.0. The second-order valence-electron chi connectivity index (χ2n) is 5.41. The Morgan fingerprint density at radius 2 is 1.70 bits per heavy atom. The molecule has 1 unspecified atom stereocenters. The standard InChI is InChI=1S/C17H29NO2/c1-2-3-4-5-6-7-12-20-17-10-8-15(9-11-17)13-16(18)14-19/h8-11,16,19H,2-7,12-14,18H2,1H3. The van der Waals surface area contributed by atoms with Gasteiger partial charge in [0.15, 0.2) is 0 Å². The molecule has 0 spiro atoms. The van der Waals surface area contributed by atoms with Crippen LogP contribution in [0.3, 0.4) is 0 Å². The third-order valence-electron chi connectivity index (χ3n) is 3.42. The maximum Gasteiger partial charge on any atom is 0.119 e. The molecule has 1 aromatic rings. The normalized spacial score (nSPS) is 12.3. The minimum atomic E-state index is -0.176. The Bertz CT molecular complexity index is 337. The van der Waals surface area contributed by atoms with Gasteiger partial charge in [-0.25, -0.2) is 0 Å². The summed E-state index contributed by atoms with van der Waals surface area (Å²) in [5.74, 6) is 0.917. The lowest BCUT2D eigenvalue weighted by molar-refractivity contribution is 0.265.